The standard InChI is InChI=1S/C20H30N4O2S2/c1-16-5-10-20(27-16)28(25,26)21-15-19(24-13-11-23(4)12-14-24)17-6-8-18(9-7-17)22(2)3/h5-10,19,21H,11-15H2,1-4H3/p+2/t19-/m1/s1. The fourth-order valence-corrected chi connectivity index (χ4v) is 6.04. The summed E-state index contributed by atoms with van der Waals surface area (Å²) in [5.74, 6) is 0. The lowest BCUT2D eigenvalue weighted by Crippen LogP contribution is -3.27. The molecular formula is C20H32N4O2S2+2. The minimum Gasteiger partial charge on any atom is -0.378 e. The predicted octanol–water partition coefficient (Wildman–Crippen LogP) is -0.445. The van der Waals surface area contributed by atoms with Crippen LogP contribution in [0.1, 0.15) is 16.5 Å². The first-order valence-electron chi connectivity index (χ1n) is 9.75. The molecule has 2 heterocycles. The van der Waals surface area contributed by atoms with E-state index in [1.54, 1.807) is 11.0 Å². The molecule has 1 aliphatic rings. The molecule has 0 amide bonds. The Balaban J connectivity index is 1.80. The minimum absolute atomic E-state index is 0.111. The van der Waals surface area contributed by atoms with Crippen LogP contribution in [0.4, 0.5) is 5.69 Å². The highest BCUT2D eigenvalue weighted by molar-refractivity contribution is 7.91. The Kier molecular flexibility index (Phi) is 6.77. The minimum atomic E-state index is -3.47. The van der Waals surface area contributed by atoms with Crippen LogP contribution in [-0.4, -0.2) is 62.3 Å². The molecule has 1 atom stereocenters. The first kappa shape index (κ1) is 21.3. The van der Waals surface area contributed by atoms with Gasteiger partial charge in [-0.15, -0.1) is 11.3 Å². The van der Waals surface area contributed by atoms with Gasteiger partial charge in [-0.25, -0.2) is 13.1 Å². The second kappa shape index (κ2) is 8.92. The summed E-state index contributed by atoms with van der Waals surface area (Å²) in [4.78, 5) is 6.07. The van der Waals surface area contributed by atoms with Crippen LogP contribution in [0.15, 0.2) is 40.6 Å². The molecule has 8 heteroatoms. The molecule has 3 rings (SSSR count). The molecule has 0 spiro atoms. The van der Waals surface area contributed by atoms with Gasteiger partial charge < -0.3 is 14.7 Å². The van der Waals surface area contributed by atoms with E-state index in [2.05, 4.69) is 40.9 Å². The van der Waals surface area contributed by atoms with Gasteiger partial charge in [0.15, 0.2) is 0 Å². The highest BCUT2D eigenvalue weighted by Crippen LogP contribution is 2.21. The first-order valence-corrected chi connectivity index (χ1v) is 12.1. The number of thiophene rings is 1. The van der Waals surface area contributed by atoms with E-state index in [1.807, 2.05) is 27.1 Å². The second-order valence-corrected chi connectivity index (χ2v) is 11.2. The van der Waals surface area contributed by atoms with Crippen molar-refractivity contribution >= 4 is 27.0 Å². The number of anilines is 1. The van der Waals surface area contributed by atoms with Crippen molar-refractivity contribution in [3.8, 4) is 0 Å². The Morgan fingerprint density at radius 1 is 1.07 bits per heavy atom. The molecule has 1 saturated heterocycles. The van der Waals surface area contributed by atoms with Crippen molar-refractivity contribution < 1.29 is 18.2 Å². The maximum absolute atomic E-state index is 12.7. The van der Waals surface area contributed by atoms with Gasteiger partial charge in [0.2, 0.25) is 10.0 Å². The van der Waals surface area contributed by atoms with Crippen molar-refractivity contribution in [3.05, 3.63) is 46.8 Å². The fraction of sp³-hybridized carbons (Fsp3) is 0.500. The summed E-state index contributed by atoms with van der Waals surface area (Å²) in [6.45, 7) is 6.65. The van der Waals surface area contributed by atoms with E-state index in [-0.39, 0.29) is 6.04 Å². The van der Waals surface area contributed by atoms with Crippen molar-refractivity contribution in [2.24, 2.45) is 0 Å². The van der Waals surface area contributed by atoms with Gasteiger partial charge in [0.1, 0.15) is 36.4 Å². The van der Waals surface area contributed by atoms with Gasteiger partial charge in [0.25, 0.3) is 0 Å². The highest BCUT2D eigenvalue weighted by atomic mass is 32.2. The van der Waals surface area contributed by atoms with Gasteiger partial charge in [-0.05, 0) is 31.2 Å². The van der Waals surface area contributed by atoms with Crippen molar-refractivity contribution in [2.75, 3.05) is 58.8 Å². The van der Waals surface area contributed by atoms with Crippen LogP contribution >= 0.6 is 11.3 Å². The third-order valence-electron chi connectivity index (χ3n) is 5.51. The molecule has 1 aromatic heterocycles. The number of aryl methyl sites for hydroxylation is 1. The zero-order valence-corrected chi connectivity index (χ0v) is 18.8. The van der Waals surface area contributed by atoms with Crippen LogP contribution in [0.3, 0.4) is 0 Å². The summed E-state index contributed by atoms with van der Waals surface area (Å²) in [5.41, 5.74) is 2.33. The van der Waals surface area contributed by atoms with Crippen molar-refractivity contribution in [3.63, 3.8) is 0 Å². The normalized spacial score (nSPS) is 21.4. The number of hydrogen-bond donors (Lipinski definition) is 3. The van der Waals surface area contributed by atoms with E-state index in [0.29, 0.717) is 10.8 Å². The molecule has 0 aliphatic carbocycles. The summed E-state index contributed by atoms with van der Waals surface area (Å²) >= 11 is 1.32. The largest absolute Gasteiger partial charge is 0.378 e. The van der Waals surface area contributed by atoms with E-state index in [0.717, 1.165) is 36.7 Å². The SMILES string of the molecule is Cc1ccc(S(=O)(=O)NC[C@H](c2ccc(N(C)C)cc2)[NH+]2CC[NH+](C)CC2)s1. The van der Waals surface area contributed by atoms with Gasteiger partial charge in [0.05, 0.1) is 13.6 Å². The molecule has 0 radical (unpaired) electrons. The van der Waals surface area contributed by atoms with Crippen LogP contribution in [-0.2, 0) is 10.0 Å². The van der Waals surface area contributed by atoms with Crippen molar-refractivity contribution in [1.29, 1.82) is 0 Å². The van der Waals surface area contributed by atoms with Gasteiger partial charge in [-0.3, -0.25) is 0 Å². The van der Waals surface area contributed by atoms with Crippen LogP contribution in [0.2, 0.25) is 0 Å². The van der Waals surface area contributed by atoms with Crippen molar-refractivity contribution in [1.82, 2.24) is 4.72 Å². The van der Waals surface area contributed by atoms with E-state index >= 15 is 0 Å². The van der Waals surface area contributed by atoms with Crippen LogP contribution in [0.25, 0.3) is 0 Å². The quantitative estimate of drug-likeness (QED) is 0.565. The Bertz CT molecular complexity index is 870. The van der Waals surface area contributed by atoms with Crippen LogP contribution in [0.5, 0.6) is 0 Å². The van der Waals surface area contributed by atoms with Crippen LogP contribution < -0.4 is 19.4 Å². The number of sulfonamides is 1. The summed E-state index contributed by atoms with van der Waals surface area (Å²) in [7, 11) is 2.80. The van der Waals surface area contributed by atoms with Gasteiger partial charge >= 0.3 is 0 Å². The van der Waals surface area contributed by atoms with Crippen molar-refractivity contribution in [2.45, 2.75) is 17.2 Å². The number of rotatable bonds is 7. The highest BCUT2D eigenvalue weighted by Gasteiger charge is 2.31. The lowest BCUT2D eigenvalue weighted by atomic mass is 10.0. The molecule has 3 N–H and O–H groups in total. The number of hydrogen-bond acceptors (Lipinski definition) is 4. The Labute approximate surface area is 172 Å². The number of piperazine rings is 1. The fourth-order valence-electron chi connectivity index (χ4n) is 3.67. The lowest BCUT2D eigenvalue weighted by molar-refractivity contribution is -1.02. The number of nitrogens with one attached hydrogen (secondary N) is 3. The Morgan fingerprint density at radius 3 is 2.25 bits per heavy atom. The van der Waals surface area contributed by atoms with Crippen LogP contribution in [0, 0.1) is 6.92 Å². The first-order chi connectivity index (χ1) is 13.3. The average molecular weight is 425 g/mol. The summed E-state index contributed by atoms with van der Waals surface area (Å²) in [5, 5.41) is 0. The summed E-state index contributed by atoms with van der Waals surface area (Å²) in [6.07, 6.45) is 0. The molecule has 2 aromatic rings. The Morgan fingerprint density at radius 2 is 1.71 bits per heavy atom. The topological polar surface area (TPSA) is 58.3 Å². The molecule has 6 nitrogen and oxygen atoms in total. The zero-order valence-electron chi connectivity index (χ0n) is 17.2. The molecule has 1 fully saturated rings. The lowest BCUT2D eigenvalue weighted by Gasteiger charge is -2.33. The number of nitrogens with zero attached hydrogens (tertiary/aromatic N) is 1. The third kappa shape index (κ3) is 5.12. The Hall–Kier alpha value is -1.45. The predicted molar refractivity (Wildman–Crippen MR) is 115 cm³/mol. The molecule has 1 aliphatic heterocycles. The van der Waals surface area contributed by atoms with E-state index in [4.69, 9.17) is 0 Å². The van der Waals surface area contributed by atoms with E-state index in [9.17, 15) is 8.42 Å². The summed E-state index contributed by atoms with van der Waals surface area (Å²) < 4.78 is 28.7. The molecule has 0 saturated carbocycles. The van der Waals surface area contributed by atoms with E-state index in [1.165, 1.54) is 21.8 Å². The number of likely N-dealkylation sites (N-methyl/N-ethyl adjacent to an activating group) is 1. The molecule has 0 bridgehead atoms. The third-order valence-corrected chi connectivity index (χ3v) is 8.42. The smallest absolute Gasteiger partial charge is 0.250 e. The molecule has 0 unspecified atom stereocenters. The molecule has 154 valence electrons. The molecular weight excluding hydrogens is 392 g/mol. The molecule has 1 aromatic carbocycles. The zero-order chi connectivity index (χ0) is 20.3. The average Bonchev–Trinajstić information content (AvgIpc) is 3.11. The van der Waals surface area contributed by atoms with Gasteiger partial charge in [-0.1, -0.05) is 12.1 Å². The maximum Gasteiger partial charge on any atom is 0.250 e. The number of quaternary nitrogens is 2. The van der Waals surface area contributed by atoms with Gasteiger partial charge in [-0.2, -0.15) is 0 Å². The summed E-state index contributed by atoms with van der Waals surface area (Å²) in [6, 6.07) is 12.2. The van der Waals surface area contributed by atoms with E-state index < -0.39 is 10.0 Å². The second-order valence-electron chi connectivity index (χ2n) is 7.87. The molecule has 28 heavy (non-hydrogen) atoms. The monoisotopic (exact) mass is 424 g/mol. The van der Waals surface area contributed by atoms with Gasteiger partial charge in [0, 0.05) is 30.2 Å². The number of benzene rings is 1. The maximum atomic E-state index is 12.7.